The number of rotatable bonds is 9. The van der Waals surface area contributed by atoms with E-state index in [-0.39, 0.29) is 6.04 Å². The third-order valence-corrected chi connectivity index (χ3v) is 5.73. The molecule has 0 amide bonds. The van der Waals surface area contributed by atoms with Crippen LogP contribution in [0.15, 0.2) is 47.7 Å². The number of hydrogen-bond acceptors (Lipinski definition) is 4. The molecule has 7 nitrogen and oxygen atoms in total. The summed E-state index contributed by atoms with van der Waals surface area (Å²) in [5.41, 5.74) is 2.57. The van der Waals surface area contributed by atoms with Crippen molar-refractivity contribution >= 4 is 5.96 Å². The highest BCUT2D eigenvalue weighted by Crippen LogP contribution is 2.20. The SMILES string of the molecule is CCNC(=NCC(c1cnn(C)c1)N(C)C)NCC1CCCN1Cc1ccccc1. The molecule has 3 rings (SSSR count). The number of likely N-dealkylation sites (N-methyl/N-ethyl adjacent to an activating group) is 1. The number of nitrogens with zero attached hydrogens (tertiary/aromatic N) is 5. The number of nitrogens with one attached hydrogen (secondary N) is 2. The van der Waals surface area contributed by atoms with Crippen LogP contribution in [0, 0.1) is 0 Å². The van der Waals surface area contributed by atoms with Gasteiger partial charge in [0.15, 0.2) is 5.96 Å². The van der Waals surface area contributed by atoms with Gasteiger partial charge in [0.05, 0.1) is 18.8 Å². The molecule has 1 aliphatic heterocycles. The molecule has 0 aliphatic carbocycles. The van der Waals surface area contributed by atoms with Gasteiger partial charge in [-0.1, -0.05) is 30.3 Å². The monoisotopic (exact) mass is 411 g/mol. The molecule has 2 heterocycles. The maximum absolute atomic E-state index is 4.89. The summed E-state index contributed by atoms with van der Waals surface area (Å²) in [7, 11) is 6.13. The Balaban J connectivity index is 1.58. The van der Waals surface area contributed by atoms with E-state index in [1.165, 1.54) is 30.5 Å². The largest absolute Gasteiger partial charge is 0.357 e. The molecule has 0 spiro atoms. The summed E-state index contributed by atoms with van der Waals surface area (Å²) in [5, 5.41) is 11.3. The van der Waals surface area contributed by atoms with E-state index in [4.69, 9.17) is 4.99 Å². The lowest BCUT2D eigenvalue weighted by Gasteiger charge is -2.26. The molecule has 30 heavy (non-hydrogen) atoms. The molecular formula is C23H37N7. The normalized spacial score (nSPS) is 18.7. The molecule has 1 aromatic heterocycles. The fourth-order valence-electron chi connectivity index (χ4n) is 4.07. The molecule has 2 aromatic rings. The van der Waals surface area contributed by atoms with E-state index in [9.17, 15) is 0 Å². The van der Waals surface area contributed by atoms with Gasteiger partial charge in [0.2, 0.25) is 0 Å². The van der Waals surface area contributed by atoms with Crippen LogP contribution in [-0.2, 0) is 13.6 Å². The number of aromatic nitrogens is 2. The van der Waals surface area contributed by atoms with E-state index < -0.39 is 0 Å². The molecule has 2 unspecified atom stereocenters. The van der Waals surface area contributed by atoms with Gasteiger partial charge in [-0.3, -0.25) is 14.6 Å². The van der Waals surface area contributed by atoms with Crippen LogP contribution in [0.4, 0.5) is 0 Å². The van der Waals surface area contributed by atoms with Crippen LogP contribution in [0.3, 0.4) is 0 Å². The molecule has 2 N–H and O–H groups in total. The Morgan fingerprint density at radius 1 is 1.27 bits per heavy atom. The molecule has 0 bridgehead atoms. The van der Waals surface area contributed by atoms with Crippen molar-refractivity contribution in [1.82, 2.24) is 30.2 Å². The van der Waals surface area contributed by atoms with Gasteiger partial charge in [0, 0.05) is 44.5 Å². The minimum atomic E-state index is 0.204. The van der Waals surface area contributed by atoms with Gasteiger partial charge < -0.3 is 15.5 Å². The van der Waals surface area contributed by atoms with E-state index >= 15 is 0 Å². The van der Waals surface area contributed by atoms with Gasteiger partial charge >= 0.3 is 0 Å². The predicted octanol–water partition coefficient (Wildman–Crippen LogP) is 2.24. The molecule has 7 heteroatoms. The molecule has 164 valence electrons. The zero-order chi connectivity index (χ0) is 21.3. The van der Waals surface area contributed by atoms with Gasteiger partial charge in [0.1, 0.15) is 0 Å². The molecule has 1 fully saturated rings. The number of guanidine groups is 1. The first-order valence-corrected chi connectivity index (χ1v) is 11.0. The topological polar surface area (TPSA) is 60.7 Å². The van der Waals surface area contributed by atoms with Crippen molar-refractivity contribution in [2.75, 3.05) is 40.3 Å². The van der Waals surface area contributed by atoms with E-state index in [1.54, 1.807) is 0 Å². The van der Waals surface area contributed by atoms with Gasteiger partial charge in [-0.15, -0.1) is 0 Å². The Labute approximate surface area is 181 Å². The van der Waals surface area contributed by atoms with Crippen molar-refractivity contribution in [3.05, 3.63) is 53.9 Å². The summed E-state index contributed by atoms with van der Waals surface area (Å²) in [6, 6.07) is 11.5. The van der Waals surface area contributed by atoms with Gasteiger partial charge in [-0.2, -0.15) is 5.10 Å². The standard InChI is InChI=1S/C23H37N7/c1-5-24-23(26-16-22(28(2)3)20-14-27-29(4)18-20)25-15-21-12-9-13-30(21)17-19-10-7-6-8-11-19/h6-8,10-11,14,18,21-22H,5,9,12-13,15-17H2,1-4H3,(H2,24,25,26). The Kier molecular flexibility index (Phi) is 8.28. The molecule has 0 radical (unpaired) electrons. The van der Waals surface area contributed by atoms with Crippen LogP contribution in [0.5, 0.6) is 0 Å². The first-order valence-electron chi connectivity index (χ1n) is 11.0. The number of benzene rings is 1. The third-order valence-electron chi connectivity index (χ3n) is 5.73. The van der Waals surface area contributed by atoms with Crippen LogP contribution in [0.1, 0.15) is 36.9 Å². The smallest absolute Gasteiger partial charge is 0.191 e. The van der Waals surface area contributed by atoms with Crippen molar-refractivity contribution in [3.63, 3.8) is 0 Å². The maximum Gasteiger partial charge on any atom is 0.191 e. The fraction of sp³-hybridized carbons (Fsp3) is 0.565. The van der Waals surface area contributed by atoms with Crippen molar-refractivity contribution in [2.45, 2.75) is 38.4 Å². The van der Waals surface area contributed by atoms with E-state index in [1.807, 2.05) is 17.9 Å². The first kappa shape index (κ1) is 22.3. The highest BCUT2D eigenvalue weighted by Gasteiger charge is 2.24. The van der Waals surface area contributed by atoms with Crippen molar-refractivity contribution in [1.29, 1.82) is 0 Å². The maximum atomic E-state index is 4.89. The summed E-state index contributed by atoms with van der Waals surface area (Å²) >= 11 is 0. The highest BCUT2D eigenvalue weighted by molar-refractivity contribution is 5.79. The fourth-order valence-corrected chi connectivity index (χ4v) is 4.07. The van der Waals surface area contributed by atoms with Crippen molar-refractivity contribution < 1.29 is 0 Å². The number of aliphatic imine (C=N–C) groups is 1. The number of aryl methyl sites for hydroxylation is 1. The minimum Gasteiger partial charge on any atom is -0.357 e. The lowest BCUT2D eigenvalue weighted by atomic mass is 10.1. The lowest BCUT2D eigenvalue weighted by molar-refractivity contribution is 0.245. The molecule has 1 aliphatic rings. The zero-order valence-electron chi connectivity index (χ0n) is 18.9. The van der Waals surface area contributed by atoms with Crippen LogP contribution in [0.25, 0.3) is 0 Å². The molecule has 1 saturated heterocycles. The Bertz CT molecular complexity index is 784. The van der Waals surface area contributed by atoms with Crippen LogP contribution in [-0.4, -0.2) is 71.9 Å². The molecule has 2 atom stereocenters. The second kappa shape index (κ2) is 11.1. The Morgan fingerprint density at radius 2 is 2.07 bits per heavy atom. The van der Waals surface area contributed by atoms with E-state index in [0.29, 0.717) is 12.6 Å². The zero-order valence-corrected chi connectivity index (χ0v) is 18.9. The summed E-state index contributed by atoms with van der Waals surface area (Å²) in [6.07, 6.45) is 6.49. The summed E-state index contributed by atoms with van der Waals surface area (Å²) < 4.78 is 1.85. The summed E-state index contributed by atoms with van der Waals surface area (Å²) in [5.74, 6) is 0.889. The Hall–Kier alpha value is -2.38. The van der Waals surface area contributed by atoms with Gasteiger partial charge in [-0.25, -0.2) is 0 Å². The summed E-state index contributed by atoms with van der Waals surface area (Å²) in [4.78, 5) is 9.67. The average Bonchev–Trinajstić information content (AvgIpc) is 3.35. The molecule has 1 aromatic carbocycles. The molecular weight excluding hydrogens is 374 g/mol. The highest BCUT2D eigenvalue weighted by atomic mass is 15.3. The lowest BCUT2D eigenvalue weighted by Crippen LogP contribution is -2.45. The molecule has 0 saturated carbocycles. The third kappa shape index (κ3) is 6.31. The van der Waals surface area contributed by atoms with Crippen LogP contribution in [0.2, 0.25) is 0 Å². The quantitative estimate of drug-likeness (QED) is 0.490. The van der Waals surface area contributed by atoms with Crippen molar-refractivity contribution in [2.24, 2.45) is 12.0 Å². The average molecular weight is 412 g/mol. The van der Waals surface area contributed by atoms with E-state index in [0.717, 1.165) is 25.6 Å². The van der Waals surface area contributed by atoms with Crippen LogP contribution < -0.4 is 10.6 Å². The second-order valence-electron chi connectivity index (χ2n) is 8.28. The second-order valence-corrected chi connectivity index (χ2v) is 8.28. The Morgan fingerprint density at radius 3 is 2.73 bits per heavy atom. The van der Waals surface area contributed by atoms with E-state index in [2.05, 4.69) is 83.1 Å². The number of likely N-dealkylation sites (tertiary alicyclic amines) is 1. The van der Waals surface area contributed by atoms with Crippen molar-refractivity contribution in [3.8, 4) is 0 Å². The van der Waals surface area contributed by atoms with Gasteiger partial charge in [-0.05, 0) is 46.0 Å². The summed E-state index contributed by atoms with van der Waals surface area (Å²) in [6.45, 7) is 6.75. The van der Waals surface area contributed by atoms with Crippen LogP contribution >= 0.6 is 0 Å². The minimum absolute atomic E-state index is 0.204. The number of hydrogen-bond donors (Lipinski definition) is 2. The first-order chi connectivity index (χ1) is 14.6. The predicted molar refractivity (Wildman–Crippen MR) is 123 cm³/mol. The van der Waals surface area contributed by atoms with Gasteiger partial charge in [0.25, 0.3) is 0 Å².